The van der Waals surface area contributed by atoms with E-state index >= 15 is 0 Å². The number of carbonyl (C=O) groups is 1. The number of nitrogens with zero attached hydrogens (tertiary/aromatic N) is 3. The monoisotopic (exact) mass is 485 g/mol. The molecule has 2 aliphatic heterocycles. The maximum atomic E-state index is 13.3. The van der Waals surface area contributed by atoms with E-state index in [9.17, 15) is 13.2 Å². The first-order chi connectivity index (χ1) is 16.4. The number of sulfonamides is 1. The average molecular weight is 486 g/mol. The Morgan fingerprint density at radius 3 is 2.24 bits per heavy atom. The lowest BCUT2D eigenvalue weighted by atomic mass is 10.1. The predicted octanol–water partition coefficient (Wildman–Crippen LogP) is 3.18. The van der Waals surface area contributed by atoms with Crippen LogP contribution in [0.2, 0.25) is 0 Å². The van der Waals surface area contributed by atoms with Crippen LogP contribution in [0, 0.1) is 6.92 Å². The van der Waals surface area contributed by atoms with Crippen molar-refractivity contribution in [3.05, 3.63) is 59.2 Å². The SMILES string of the molecule is COc1ccc(CCN2CCN(C(=O)c3cc(S(=O)(=O)N4CCCCC4)ccc3C)CC2)cc1. The summed E-state index contributed by atoms with van der Waals surface area (Å²) in [4.78, 5) is 17.8. The molecule has 2 heterocycles. The molecule has 2 saturated heterocycles. The van der Waals surface area contributed by atoms with Gasteiger partial charge in [-0.1, -0.05) is 24.6 Å². The molecule has 1 amide bonds. The second kappa shape index (κ2) is 10.9. The minimum atomic E-state index is -3.57. The van der Waals surface area contributed by atoms with Gasteiger partial charge in [0.2, 0.25) is 10.0 Å². The smallest absolute Gasteiger partial charge is 0.254 e. The lowest BCUT2D eigenvalue weighted by molar-refractivity contribution is 0.0637. The number of piperidine rings is 1. The van der Waals surface area contributed by atoms with Crippen LogP contribution in [0.1, 0.15) is 40.7 Å². The van der Waals surface area contributed by atoms with Crippen molar-refractivity contribution in [3.8, 4) is 5.75 Å². The summed E-state index contributed by atoms with van der Waals surface area (Å²) in [5, 5.41) is 0. The Morgan fingerprint density at radius 2 is 1.59 bits per heavy atom. The number of aryl methyl sites for hydroxylation is 1. The van der Waals surface area contributed by atoms with Crippen molar-refractivity contribution in [3.63, 3.8) is 0 Å². The molecule has 7 nitrogen and oxygen atoms in total. The Balaban J connectivity index is 1.36. The maximum absolute atomic E-state index is 13.3. The lowest BCUT2D eigenvalue weighted by Gasteiger charge is -2.35. The molecule has 0 aliphatic carbocycles. The first kappa shape index (κ1) is 24.7. The molecule has 0 aromatic heterocycles. The zero-order valence-corrected chi connectivity index (χ0v) is 21.0. The van der Waals surface area contributed by atoms with Gasteiger partial charge in [0.25, 0.3) is 5.91 Å². The number of rotatable bonds is 7. The molecule has 2 fully saturated rings. The minimum Gasteiger partial charge on any atom is -0.497 e. The molecule has 2 aliphatic rings. The van der Waals surface area contributed by atoms with Gasteiger partial charge in [0.1, 0.15) is 5.75 Å². The zero-order chi connectivity index (χ0) is 24.1. The Bertz CT molecular complexity index is 1090. The van der Waals surface area contributed by atoms with Crippen LogP contribution in [0.25, 0.3) is 0 Å². The standard InChI is InChI=1S/C26H35N3O4S/c1-21-6-11-24(34(31,32)29-13-4-3-5-14-29)20-25(21)26(30)28-18-16-27(17-19-28)15-12-22-7-9-23(33-2)10-8-22/h6-11,20H,3-5,12-19H2,1-2H3. The number of carbonyl (C=O) groups excluding carboxylic acids is 1. The fourth-order valence-electron chi connectivity index (χ4n) is 4.67. The van der Waals surface area contributed by atoms with E-state index in [1.165, 1.54) is 5.56 Å². The first-order valence-corrected chi connectivity index (χ1v) is 13.6. The van der Waals surface area contributed by atoms with Crippen molar-refractivity contribution in [1.82, 2.24) is 14.1 Å². The molecular weight excluding hydrogens is 450 g/mol. The van der Waals surface area contributed by atoms with Gasteiger partial charge in [0.05, 0.1) is 12.0 Å². The second-order valence-corrected chi connectivity index (χ2v) is 11.1. The van der Waals surface area contributed by atoms with E-state index in [0.29, 0.717) is 31.7 Å². The highest BCUT2D eigenvalue weighted by Gasteiger charge is 2.28. The third kappa shape index (κ3) is 5.62. The van der Waals surface area contributed by atoms with Gasteiger partial charge >= 0.3 is 0 Å². The number of amides is 1. The van der Waals surface area contributed by atoms with Gasteiger partial charge in [-0.25, -0.2) is 8.42 Å². The van der Waals surface area contributed by atoms with Crippen molar-refractivity contribution >= 4 is 15.9 Å². The fraction of sp³-hybridized carbons (Fsp3) is 0.500. The molecule has 0 bridgehead atoms. The number of benzene rings is 2. The van der Waals surface area contributed by atoms with Gasteiger partial charge in [0, 0.05) is 51.4 Å². The molecule has 0 N–H and O–H groups in total. The number of methoxy groups -OCH3 is 1. The largest absolute Gasteiger partial charge is 0.497 e. The fourth-order valence-corrected chi connectivity index (χ4v) is 6.21. The highest BCUT2D eigenvalue weighted by molar-refractivity contribution is 7.89. The van der Waals surface area contributed by atoms with Crippen LogP contribution < -0.4 is 4.74 Å². The van der Waals surface area contributed by atoms with Crippen LogP contribution in [0.15, 0.2) is 47.4 Å². The van der Waals surface area contributed by atoms with Crippen LogP contribution in [-0.4, -0.2) is 81.4 Å². The first-order valence-electron chi connectivity index (χ1n) is 12.1. The van der Waals surface area contributed by atoms with E-state index in [-0.39, 0.29) is 10.8 Å². The third-order valence-electron chi connectivity index (χ3n) is 6.93. The summed E-state index contributed by atoms with van der Waals surface area (Å²) >= 11 is 0. The van der Waals surface area contributed by atoms with E-state index in [1.807, 2.05) is 24.0 Å². The van der Waals surface area contributed by atoms with Crippen molar-refractivity contribution in [2.24, 2.45) is 0 Å². The molecule has 2 aromatic rings. The summed E-state index contributed by atoms with van der Waals surface area (Å²) < 4.78 is 33.0. The maximum Gasteiger partial charge on any atom is 0.254 e. The van der Waals surface area contributed by atoms with Gasteiger partial charge in [0.15, 0.2) is 0 Å². The van der Waals surface area contributed by atoms with E-state index in [1.54, 1.807) is 29.6 Å². The van der Waals surface area contributed by atoms with Crippen molar-refractivity contribution in [1.29, 1.82) is 0 Å². The highest BCUT2D eigenvalue weighted by Crippen LogP contribution is 2.24. The quantitative estimate of drug-likeness (QED) is 0.603. The van der Waals surface area contributed by atoms with Crippen LogP contribution in [0.5, 0.6) is 5.75 Å². The summed E-state index contributed by atoms with van der Waals surface area (Å²) in [5.41, 5.74) is 2.57. The van der Waals surface area contributed by atoms with Crippen molar-refractivity contribution in [2.75, 3.05) is 52.9 Å². The van der Waals surface area contributed by atoms with Gasteiger partial charge in [-0.05, 0) is 61.6 Å². The summed E-state index contributed by atoms with van der Waals surface area (Å²) in [6.07, 6.45) is 3.79. The molecule has 2 aromatic carbocycles. The van der Waals surface area contributed by atoms with E-state index in [2.05, 4.69) is 17.0 Å². The molecule has 0 spiro atoms. The molecule has 4 rings (SSSR count). The molecule has 0 saturated carbocycles. The lowest BCUT2D eigenvalue weighted by Crippen LogP contribution is -2.49. The number of hydrogen-bond acceptors (Lipinski definition) is 5. The Labute approximate surface area is 203 Å². The highest BCUT2D eigenvalue weighted by atomic mass is 32.2. The molecule has 34 heavy (non-hydrogen) atoms. The van der Waals surface area contributed by atoms with Crippen LogP contribution in [-0.2, 0) is 16.4 Å². The van der Waals surface area contributed by atoms with Gasteiger partial charge < -0.3 is 9.64 Å². The molecule has 184 valence electrons. The molecule has 0 radical (unpaired) electrons. The van der Waals surface area contributed by atoms with Crippen molar-refractivity contribution < 1.29 is 17.9 Å². The zero-order valence-electron chi connectivity index (χ0n) is 20.2. The Morgan fingerprint density at radius 1 is 0.912 bits per heavy atom. The van der Waals surface area contributed by atoms with Gasteiger partial charge in [-0.3, -0.25) is 9.69 Å². The number of hydrogen-bond donors (Lipinski definition) is 0. The van der Waals surface area contributed by atoms with Gasteiger partial charge in [-0.2, -0.15) is 4.31 Å². The number of ether oxygens (including phenoxy) is 1. The second-order valence-electron chi connectivity index (χ2n) is 9.17. The number of piperazine rings is 1. The van der Waals surface area contributed by atoms with E-state index < -0.39 is 10.0 Å². The molecule has 8 heteroatoms. The van der Waals surface area contributed by atoms with Crippen LogP contribution in [0.3, 0.4) is 0 Å². The van der Waals surface area contributed by atoms with Gasteiger partial charge in [-0.15, -0.1) is 0 Å². The van der Waals surface area contributed by atoms with Crippen LogP contribution in [0.4, 0.5) is 0 Å². The van der Waals surface area contributed by atoms with Crippen LogP contribution >= 0.6 is 0 Å². The molecular formula is C26H35N3O4S. The molecule has 0 unspecified atom stereocenters. The Kier molecular flexibility index (Phi) is 7.91. The van der Waals surface area contributed by atoms with Crippen molar-refractivity contribution in [2.45, 2.75) is 37.5 Å². The summed E-state index contributed by atoms with van der Waals surface area (Å²) in [7, 11) is -1.90. The van der Waals surface area contributed by atoms with E-state index in [0.717, 1.165) is 56.6 Å². The summed E-state index contributed by atoms with van der Waals surface area (Å²) in [6, 6.07) is 13.1. The average Bonchev–Trinajstić information content (AvgIpc) is 2.88. The molecule has 0 atom stereocenters. The predicted molar refractivity (Wildman–Crippen MR) is 133 cm³/mol. The third-order valence-corrected chi connectivity index (χ3v) is 8.82. The summed E-state index contributed by atoms with van der Waals surface area (Å²) in [5.74, 6) is 0.780. The summed E-state index contributed by atoms with van der Waals surface area (Å²) in [6.45, 7) is 6.83. The normalized spacial score (nSPS) is 18.1. The topological polar surface area (TPSA) is 70.2 Å². The Hall–Kier alpha value is -2.42. The minimum absolute atomic E-state index is 0.0806. The van der Waals surface area contributed by atoms with E-state index in [4.69, 9.17) is 4.74 Å².